The summed E-state index contributed by atoms with van der Waals surface area (Å²) in [5.74, 6) is 0.565. The molecule has 3 aromatic rings. The molecule has 180 valence electrons. The van der Waals surface area contributed by atoms with E-state index in [4.69, 9.17) is 9.47 Å². The topological polar surface area (TPSA) is 101 Å². The lowest BCUT2D eigenvalue weighted by Crippen LogP contribution is -2.40. The first kappa shape index (κ1) is 22.9. The lowest BCUT2D eigenvalue weighted by Gasteiger charge is -2.26. The van der Waals surface area contributed by atoms with Gasteiger partial charge in [0.1, 0.15) is 10.6 Å². The van der Waals surface area contributed by atoms with E-state index >= 15 is 0 Å². The van der Waals surface area contributed by atoms with Gasteiger partial charge in [-0.05, 0) is 67.1 Å². The zero-order valence-electron chi connectivity index (χ0n) is 19.4. The van der Waals surface area contributed by atoms with E-state index in [2.05, 4.69) is 17.2 Å². The third-order valence-corrected chi connectivity index (χ3v) is 8.63. The molecule has 1 unspecified atom stereocenters. The smallest absolute Gasteiger partial charge is 0.255 e. The number of morpholine rings is 1. The Morgan fingerprint density at radius 1 is 1.18 bits per heavy atom. The van der Waals surface area contributed by atoms with Crippen LogP contribution in [0.2, 0.25) is 0 Å². The molecule has 1 saturated heterocycles. The van der Waals surface area contributed by atoms with Crippen LogP contribution in [0.15, 0.2) is 41.3 Å². The van der Waals surface area contributed by atoms with Crippen LogP contribution in [-0.4, -0.2) is 57.0 Å². The number of aryl methyl sites for hydroxylation is 1. The third-order valence-electron chi connectivity index (χ3n) is 6.71. The number of ether oxygens (including phenoxy) is 2. The van der Waals surface area contributed by atoms with Crippen LogP contribution < -0.4 is 10.1 Å². The Bertz CT molecular complexity index is 1340. The molecular weight excluding hydrogens is 454 g/mol. The number of aromatic nitrogens is 1. The van der Waals surface area contributed by atoms with Crippen LogP contribution in [0.1, 0.15) is 35.0 Å². The summed E-state index contributed by atoms with van der Waals surface area (Å²) in [5.41, 5.74) is 4.52. The number of carbonyl (C=O) groups is 1. The number of H-pyrrole nitrogens is 1. The monoisotopic (exact) mass is 483 g/mol. The zero-order valence-corrected chi connectivity index (χ0v) is 20.2. The number of aromatic amines is 1. The number of rotatable bonds is 5. The quantitative estimate of drug-likeness (QED) is 0.578. The zero-order chi connectivity index (χ0) is 23.9. The molecule has 0 spiro atoms. The minimum atomic E-state index is -3.79. The third kappa shape index (κ3) is 4.19. The summed E-state index contributed by atoms with van der Waals surface area (Å²) < 4.78 is 38.4. The highest BCUT2D eigenvalue weighted by molar-refractivity contribution is 7.89. The van der Waals surface area contributed by atoms with Crippen molar-refractivity contribution in [3.8, 4) is 5.75 Å². The molecule has 1 aromatic heterocycles. The standard InChI is InChI=1S/C25H29N3O5S/c1-16-3-6-21-19(13-16)20-14-17(4-7-22(20)27-21)25(29)26-18-5-8-23(32-2)24(15-18)34(30,31)28-9-11-33-12-10-28/h4-5,7-8,14-16,27H,3,6,9-13H2,1-2H3,(H,26,29). The Labute approximate surface area is 199 Å². The number of nitrogens with zero attached hydrogens (tertiary/aromatic N) is 1. The second-order valence-corrected chi connectivity index (χ2v) is 10.9. The molecule has 1 fully saturated rings. The van der Waals surface area contributed by atoms with Crippen molar-refractivity contribution in [2.45, 2.75) is 31.1 Å². The minimum absolute atomic E-state index is 0.0267. The molecule has 1 atom stereocenters. The molecule has 0 saturated carbocycles. The van der Waals surface area contributed by atoms with Gasteiger partial charge >= 0.3 is 0 Å². The van der Waals surface area contributed by atoms with E-state index in [-0.39, 0.29) is 29.6 Å². The van der Waals surface area contributed by atoms with Crippen LogP contribution in [0.5, 0.6) is 5.75 Å². The Balaban J connectivity index is 1.43. The summed E-state index contributed by atoms with van der Waals surface area (Å²) in [6, 6.07) is 10.3. The SMILES string of the molecule is COc1ccc(NC(=O)c2ccc3[nH]c4c(c3c2)CC(C)CC4)cc1S(=O)(=O)N1CCOCC1. The van der Waals surface area contributed by atoms with Crippen LogP contribution in [0.3, 0.4) is 0 Å². The molecule has 9 heteroatoms. The van der Waals surface area contributed by atoms with Gasteiger partial charge in [-0.2, -0.15) is 4.31 Å². The number of sulfonamides is 1. The predicted molar refractivity (Wildman–Crippen MR) is 130 cm³/mol. The Kier molecular flexibility index (Phi) is 6.09. The highest BCUT2D eigenvalue weighted by atomic mass is 32.2. The summed E-state index contributed by atoms with van der Waals surface area (Å²) in [6.45, 7) is 3.51. The van der Waals surface area contributed by atoms with Gasteiger partial charge in [0.15, 0.2) is 0 Å². The molecule has 2 N–H and O–H groups in total. The first-order valence-corrected chi connectivity index (χ1v) is 13.0. The van der Waals surface area contributed by atoms with Gasteiger partial charge in [0.2, 0.25) is 10.0 Å². The molecule has 1 amide bonds. The highest BCUT2D eigenvalue weighted by Crippen LogP contribution is 2.33. The number of hydrogen-bond donors (Lipinski definition) is 2. The van der Waals surface area contributed by atoms with Gasteiger partial charge in [0, 0.05) is 40.9 Å². The fraction of sp³-hybridized carbons (Fsp3) is 0.400. The van der Waals surface area contributed by atoms with Gasteiger partial charge in [-0.15, -0.1) is 0 Å². The predicted octanol–water partition coefficient (Wildman–Crippen LogP) is 3.57. The largest absolute Gasteiger partial charge is 0.495 e. The summed E-state index contributed by atoms with van der Waals surface area (Å²) in [4.78, 5) is 16.6. The molecule has 5 rings (SSSR count). The molecule has 1 aliphatic heterocycles. The molecule has 2 aliphatic rings. The lowest BCUT2D eigenvalue weighted by molar-refractivity contribution is 0.0729. The van der Waals surface area contributed by atoms with Crippen molar-refractivity contribution in [1.29, 1.82) is 0 Å². The second-order valence-electron chi connectivity index (χ2n) is 9.03. The van der Waals surface area contributed by atoms with Crippen molar-refractivity contribution < 1.29 is 22.7 Å². The molecule has 0 bridgehead atoms. The summed E-state index contributed by atoms with van der Waals surface area (Å²) in [7, 11) is -2.36. The van der Waals surface area contributed by atoms with Crippen LogP contribution in [0.4, 0.5) is 5.69 Å². The van der Waals surface area contributed by atoms with Crippen molar-refractivity contribution in [2.75, 3.05) is 38.7 Å². The first-order valence-electron chi connectivity index (χ1n) is 11.6. The molecule has 8 nitrogen and oxygen atoms in total. The Morgan fingerprint density at radius 3 is 2.74 bits per heavy atom. The maximum Gasteiger partial charge on any atom is 0.255 e. The van der Waals surface area contributed by atoms with E-state index in [1.54, 1.807) is 18.2 Å². The van der Waals surface area contributed by atoms with E-state index in [9.17, 15) is 13.2 Å². The average molecular weight is 484 g/mol. The molecule has 2 aromatic carbocycles. The van der Waals surface area contributed by atoms with E-state index in [0.29, 0.717) is 30.4 Å². The average Bonchev–Trinajstić information content (AvgIpc) is 3.21. The molecule has 2 heterocycles. The number of methoxy groups -OCH3 is 1. The van der Waals surface area contributed by atoms with Crippen molar-refractivity contribution in [2.24, 2.45) is 5.92 Å². The van der Waals surface area contributed by atoms with E-state index in [0.717, 1.165) is 23.7 Å². The number of hydrogen-bond acceptors (Lipinski definition) is 5. The van der Waals surface area contributed by atoms with Crippen LogP contribution in [-0.2, 0) is 27.6 Å². The number of anilines is 1. The van der Waals surface area contributed by atoms with Crippen molar-refractivity contribution in [3.63, 3.8) is 0 Å². The number of carbonyl (C=O) groups excluding carboxylic acids is 1. The van der Waals surface area contributed by atoms with Crippen molar-refractivity contribution >= 4 is 32.5 Å². The van der Waals surface area contributed by atoms with Gasteiger partial charge in [0.05, 0.1) is 20.3 Å². The number of benzene rings is 2. The number of fused-ring (bicyclic) bond motifs is 3. The summed E-state index contributed by atoms with van der Waals surface area (Å²) in [6.07, 6.45) is 3.20. The van der Waals surface area contributed by atoms with Gasteiger partial charge in [-0.1, -0.05) is 6.92 Å². The fourth-order valence-corrected chi connectivity index (χ4v) is 6.41. The van der Waals surface area contributed by atoms with Crippen LogP contribution >= 0.6 is 0 Å². The van der Waals surface area contributed by atoms with Crippen LogP contribution in [0.25, 0.3) is 10.9 Å². The number of nitrogens with one attached hydrogen (secondary N) is 2. The fourth-order valence-electron chi connectivity index (χ4n) is 4.82. The molecule has 34 heavy (non-hydrogen) atoms. The minimum Gasteiger partial charge on any atom is -0.495 e. The van der Waals surface area contributed by atoms with Crippen molar-refractivity contribution in [3.05, 3.63) is 53.2 Å². The second kappa shape index (κ2) is 9.05. The van der Waals surface area contributed by atoms with Gasteiger partial charge < -0.3 is 19.8 Å². The molecular formula is C25H29N3O5S. The first-order chi connectivity index (χ1) is 16.4. The Morgan fingerprint density at radius 2 is 1.97 bits per heavy atom. The van der Waals surface area contributed by atoms with Crippen molar-refractivity contribution in [1.82, 2.24) is 9.29 Å². The lowest BCUT2D eigenvalue weighted by atomic mass is 9.87. The summed E-state index contributed by atoms with van der Waals surface area (Å²) in [5, 5.41) is 3.94. The maximum absolute atomic E-state index is 13.2. The number of amides is 1. The van der Waals surface area contributed by atoms with E-state index in [1.165, 1.54) is 35.2 Å². The normalized spacial score (nSPS) is 19.1. The van der Waals surface area contributed by atoms with Crippen LogP contribution in [0, 0.1) is 5.92 Å². The van der Waals surface area contributed by atoms with Gasteiger partial charge in [-0.25, -0.2) is 8.42 Å². The van der Waals surface area contributed by atoms with Gasteiger partial charge in [-0.3, -0.25) is 4.79 Å². The highest BCUT2D eigenvalue weighted by Gasteiger charge is 2.30. The Hall–Kier alpha value is -2.88. The van der Waals surface area contributed by atoms with E-state index in [1.807, 2.05) is 12.1 Å². The summed E-state index contributed by atoms with van der Waals surface area (Å²) >= 11 is 0. The molecule has 0 radical (unpaired) electrons. The maximum atomic E-state index is 13.2. The van der Waals surface area contributed by atoms with E-state index < -0.39 is 10.0 Å². The molecule has 1 aliphatic carbocycles. The van der Waals surface area contributed by atoms with Gasteiger partial charge in [0.25, 0.3) is 5.91 Å².